The summed E-state index contributed by atoms with van der Waals surface area (Å²) in [6.07, 6.45) is 0.115. The highest BCUT2D eigenvalue weighted by Gasteiger charge is 2.22. The Morgan fingerprint density at radius 1 is 1.12 bits per heavy atom. The van der Waals surface area contributed by atoms with Gasteiger partial charge in [0, 0.05) is 36.5 Å². The van der Waals surface area contributed by atoms with Crippen molar-refractivity contribution in [3.05, 3.63) is 71.3 Å². The van der Waals surface area contributed by atoms with Crippen LogP contribution in [0.2, 0.25) is 0 Å². The fourth-order valence-corrected chi connectivity index (χ4v) is 5.40. The van der Waals surface area contributed by atoms with Crippen molar-refractivity contribution in [2.75, 3.05) is 30.3 Å². The highest BCUT2D eigenvalue weighted by molar-refractivity contribution is 7.21. The van der Waals surface area contributed by atoms with Crippen LogP contribution in [0.25, 0.3) is 10.3 Å². The SMILES string of the molecule is Cc1ccc(NC(=O)c2cccc(C(C)(C)C#N)c2)cc1Oc1ccc2nc(NC(=O)CN3CCC(F)CC3)sc2n1. The topological polar surface area (TPSA) is 120 Å². The molecular formula is C31H31FN6O3S. The Labute approximate surface area is 247 Å². The van der Waals surface area contributed by atoms with Gasteiger partial charge in [0.05, 0.1) is 18.0 Å². The van der Waals surface area contributed by atoms with Gasteiger partial charge in [0.15, 0.2) is 5.13 Å². The number of fused-ring (bicyclic) bond motifs is 1. The molecule has 0 bridgehead atoms. The minimum Gasteiger partial charge on any atom is -0.439 e. The van der Waals surface area contributed by atoms with E-state index in [4.69, 9.17) is 4.74 Å². The summed E-state index contributed by atoms with van der Waals surface area (Å²) >= 11 is 1.24. The standard InChI is InChI=1S/C31H31FN6O3S/c1-19-7-8-23(34-28(40)20-5-4-6-21(15-20)31(2,3)18-33)16-25(19)41-27-10-9-24-29(37-27)42-30(35-24)36-26(39)17-38-13-11-22(32)12-14-38/h4-10,15-16,22H,11-14,17H2,1-3H3,(H,34,40)(H,35,36,39). The van der Waals surface area contributed by atoms with Crippen molar-refractivity contribution in [3.8, 4) is 17.7 Å². The molecule has 216 valence electrons. The van der Waals surface area contributed by atoms with E-state index >= 15 is 0 Å². The second kappa shape index (κ2) is 12.2. The van der Waals surface area contributed by atoms with Gasteiger partial charge in [-0.25, -0.2) is 14.4 Å². The predicted octanol–water partition coefficient (Wildman–Crippen LogP) is 6.22. The number of halogens is 1. The second-order valence-corrected chi connectivity index (χ2v) is 11.8. The number of piperidine rings is 1. The molecule has 2 amide bonds. The number of amides is 2. The molecule has 0 unspecified atom stereocenters. The summed E-state index contributed by atoms with van der Waals surface area (Å²) in [5.41, 5.74) is 2.51. The lowest BCUT2D eigenvalue weighted by atomic mass is 9.85. The van der Waals surface area contributed by atoms with Gasteiger partial charge >= 0.3 is 0 Å². The third-order valence-corrected chi connectivity index (χ3v) is 8.03. The normalized spacial score (nSPS) is 14.4. The second-order valence-electron chi connectivity index (χ2n) is 10.8. The van der Waals surface area contributed by atoms with Crippen molar-refractivity contribution < 1.29 is 18.7 Å². The van der Waals surface area contributed by atoms with Gasteiger partial charge in [-0.1, -0.05) is 29.5 Å². The summed E-state index contributed by atoms with van der Waals surface area (Å²) in [6, 6.07) is 18.1. The van der Waals surface area contributed by atoms with Crippen molar-refractivity contribution in [3.63, 3.8) is 0 Å². The molecule has 0 saturated carbocycles. The van der Waals surface area contributed by atoms with Crippen molar-refractivity contribution in [1.82, 2.24) is 14.9 Å². The van der Waals surface area contributed by atoms with E-state index in [0.29, 0.717) is 64.3 Å². The molecule has 0 spiro atoms. The Morgan fingerprint density at radius 3 is 2.67 bits per heavy atom. The molecule has 2 aromatic carbocycles. The van der Waals surface area contributed by atoms with E-state index in [1.54, 1.807) is 42.5 Å². The number of hydrogen-bond acceptors (Lipinski definition) is 8. The molecule has 4 aromatic rings. The summed E-state index contributed by atoms with van der Waals surface area (Å²) in [4.78, 5) is 37.0. The Hall–Kier alpha value is -4.40. The van der Waals surface area contributed by atoms with Crippen LogP contribution in [0.4, 0.5) is 15.2 Å². The van der Waals surface area contributed by atoms with Gasteiger partial charge in [-0.15, -0.1) is 0 Å². The van der Waals surface area contributed by atoms with Gasteiger partial charge in [0.25, 0.3) is 5.91 Å². The first-order valence-corrected chi connectivity index (χ1v) is 14.5. The Kier molecular flexibility index (Phi) is 8.47. The first-order chi connectivity index (χ1) is 20.1. The van der Waals surface area contributed by atoms with Crippen LogP contribution in [0.5, 0.6) is 11.6 Å². The molecule has 1 fully saturated rings. The Bertz CT molecular complexity index is 1670. The summed E-state index contributed by atoms with van der Waals surface area (Å²) < 4.78 is 19.4. The largest absolute Gasteiger partial charge is 0.439 e. The van der Waals surface area contributed by atoms with E-state index in [0.717, 1.165) is 11.1 Å². The van der Waals surface area contributed by atoms with E-state index in [1.165, 1.54) is 11.3 Å². The predicted molar refractivity (Wildman–Crippen MR) is 161 cm³/mol. The van der Waals surface area contributed by atoms with Crippen LogP contribution in [0.15, 0.2) is 54.6 Å². The monoisotopic (exact) mass is 586 g/mol. The fraction of sp³-hybridized carbons (Fsp3) is 0.323. The highest BCUT2D eigenvalue weighted by atomic mass is 32.1. The molecule has 11 heteroatoms. The summed E-state index contributed by atoms with van der Waals surface area (Å²) in [6.45, 7) is 6.83. The number of aryl methyl sites for hydroxylation is 1. The zero-order chi connectivity index (χ0) is 29.9. The number of nitrogens with zero attached hydrogens (tertiary/aromatic N) is 4. The van der Waals surface area contributed by atoms with Crippen molar-refractivity contribution >= 4 is 44.3 Å². The third kappa shape index (κ3) is 6.90. The first-order valence-electron chi connectivity index (χ1n) is 13.6. The van der Waals surface area contributed by atoms with Gasteiger partial charge in [-0.3, -0.25) is 14.5 Å². The van der Waals surface area contributed by atoms with Crippen LogP contribution >= 0.6 is 11.3 Å². The molecule has 0 atom stereocenters. The maximum Gasteiger partial charge on any atom is 0.255 e. The zero-order valence-corrected chi connectivity index (χ0v) is 24.4. The number of benzene rings is 2. The maximum absolute atomic E-state index is 13.4. The van der Waals surface area contributed by atoms with Crippen molar-refractivity contribution in [1.29, 1.82) is 5.26 Å². The Morgan fingerprint density at radius 2 is 1.90 bits per heavy atom. The highest BCUT2D eigenvalue weighted by Crippen LogP contribution is 2.31. The maximum atomic E-state index is 13.4. The van der Waals surface area contributed by atoms with Gasteiger partial charge in [0.2, 0.25) is 11.8 Å². The fourth-order valence-electron chi connectivity index (χ4n) is 4.55. The number of carbonyl (C=O) groups excluding carboxylic acids is 2. The summed E-state index contributed by atoms with van der Waals surface area (Å²) in [5.74, 6) is 0.370. The van der Waals surface area contributed by atoms with Crippen LogP contribution in [0.3, 0.4) is 0 Å². The van der Waals surface area contributed by atoms with E-state index in [9.17, 15) is 19.2 Å². The smallest absolute Gasteiger partial charge is 0.255 e. The number of pyridine rings is 1. The number of nitrogens with one attached hydrogen (secondary N) is 2. The number of ether oxygens (including phenoxy) is 1. The molecule has 5 rings (SSSR count). The molecule has 0 aliphatic carbocycles. The van der Waals surface area contributed by atoms with Crippen LogP contribution in [-0.2, 0) is 10.2 Å². The van der Waals surface area contributed by atoms with E-state index < -0.39 is 11.6 Å². The van der Waals surface area contributed by atoms with E-state index in [-0.39, 0.29) is 18.4 Å². The lowest BCUT2D eigenvalue weighted by Crippen LogP contribution is -2.39. The molecule has 3 heterocycles. The van der Waals surface area contributed by atoms with Gasteiger partial charge in [-0.2, -0.15) is 5.26 Å². The number of nitriles is 1. The number of hydrogen-bond donors (Lipinski definition) is 2. The van der Waals surface area contributed by atoms with Crippen molar-refractivity contribution in [2.24, 2.45) is 0 Å². The molecule has 42 heavy (non-hydrogen) atoms. The number of rotatable bonds is 8. The quantitative estimate of drug-likeness (QED) is 0.252. The Balaban J connectivity index is 1.25. The molecule has 2 N–H and O–H groups in total. The molecule has 2 aromatic heterocycles. The van der Waals surface area contributed by atoms with Crippen LogP contribution < -0.4 is 15.4 Å². The van der Waals surface area contributed by atoms with Gasteiger partial charge < -0.3 is 15.4 Å². The van der Waals surface area contributed by atoms with E-state index in [1.807, 2.05) is 37.8 Å². The molecule has 0 radical (unpaired) electrons. The van der Waals surface area contributed by atoms with Crippen LogP contribution in [0.1, 0.15) is 48.2 Å². The number of likely N-dealkylation sites (tertiary alicyclic amines) is 1. The average Bonchev–Trinajstić information content (AvgIpc) is 3.37. The molecule has 1 aliphatic rings. The summed E-state index contributed by atoms with van der Waals surface area (Å²) in [7, 11) is 0. The van der Waals surface area contributed by atoms with E-state index in [2.05, 4.69) is 26.7 Å². The zero-order valence-electron chi connectivity index (χ0n) is 23.6. The number of anilines is 2. The lowest BCUT2D eigenvalue weighted by molar-refractivity contribution is -0.117. The minimum absolute atomic E-state index is 0.194. The summed E-state index contributed by atoms with van der Waals surface area (Å²) in [5, 5.41) is 15.6. The first kappa shape index (κ1) is 29.1. The average molecular weight is 587 g/mol. The number of carbonyl (C=O) groups is 2. The lowest BCUT2D eigenvalue weighted by Gasteiger charge is -2.27. The van der Waals surface area contributed by atoms with Crippen LogP contribution in [0, 0.1) is 18.3 Å². The minimum atomic E-state index is -0.785. The van der Waals surface area contributed by atoms with Crippen LogP contribution in [-0.4, -0.2) is 52.5 Å². The number of thiazole rings is 1. The number of aromatic nitrogens is 2. The molecule has 1 aliphatic heterocycles. The molecular weight excluding hydrogens is 555 g/mol. The number of alkyl halides is 1. The van der Waals surface area contributed by atoms with Crippen molar-refractivity contribution in [2.45, 2.75) is 45.2 Å². The van der Waals surface area contributed by atoms with Gasteiger partial charge in [0.1, 0.15) is 22.3 Å². The van der Waals surface area contributed by atoms with Gasteiger partial charge in [-0.05, 0) is 69.0 Å². The molecule has 9 nitrogen and oxygen atoms in total. The third-order valence-electron chi connectivity index (χ3n) is 7.15. The molecule has 1 saturated heterocycles.